The Kier molecular flexibility index (Phi) is 4.62. The van der Waals surface area contributed by atoms with Crippen molar-refractivity contribution < 1.29 is 0 Å². The first-order valence-corrected chi connectivity index (χ1v) is 10.1. The fraction of sp³-hybridized carbons (Fsp3) is 0.565. The quantitative estimate of drug-likeness (QED) is 0.578. The molecule has 0 spiro atoms. The molecule has 3 aliphatic carbocycles. The van der Waals surface area contributed by atoms with Crippen LogP contribution in [0.3, 0.4) is 0 Å². The summed E-state index contributed by atoms with van der Waals surface area (Å²) in [5.74, 6) is 0.828. The van der Waals surface area contributed by atoms with Crippen LogP contribution >= 0.6 is 0 Å². The van der Waals surface area contributed by atoms with E-state index in [-0.39, 0.29) is 0 Å². The highest BCUT2D eigenvalue weighted by molar-refractivity contribution is 5.55. The highest BCUT2D eigenvalue weighted by atomic mass is 14.8. The van der Waals surface area contributed by atoms with Gasteiger partial charge in [0.2, 0.25) is 0 Å². The molecule has 3 aliphatic rings. The maximum atomic E-state index is 4.37. The molecule has 2 heteroatoms. The van der Waals surface area contributed by atoms with Gasteiger partial charge in [0.15, 0.2) is 5.82 Å². The molecular weight excluding hydrogens is 304 g/mol. The molecule has 132 valence electrons. The lowest BCUT2D eigenvalue weighted by Gasteiger charge is -2.54. The van der Waals surface area contributed by atoms with E-state index in [9.17, 15) is 0 Å². The van der Waals surface area contributed by atoms with E-state index in [1.807, 2.05) is 18.5 Å². The summed E-state index contributed by atoms with van der Waals surface area (Å²) in [7, 11) is 0. The summed E-state index contributed by atoms with van der Waals surface area (Å²) in [6, 6.07) is 11.0. The number of aromatic nitrogens is 2. The predicted molar refractivity (Wildman–Crippen MR) is 103 cm³/mol. The monoisotopic (exact) mass is 334 g/mol. The van der Waals surface area contributed by atoms with Gasteiger partial charge >= 0.3 is 0 Å². The van der Waals surface area contributed by atoms with E-state index >= 15 is 0 Å². The Bertz CT molecular complexity index is 665. The van der Waals surface area contributed by atoms with Gasteiger partial charge in [-0.15, -0.1) is 0 Å². The molecule has 5 rings (SSSR count). The van der Waals surface area contributed by atoms with Gasteiger partial charge in [0.1, 0.15) is 0 Å². The van der Waals surface area contributed by atoms with Crippen molar-refractivity contribution in [2.75, 3.05) is 0 Å². The van der Waals surface area contributed by atoms with Crippen LogP contribution in [0, 0.1) is 5.41 Å². The van der Waals surface area contributed by atoms with Gasteiger partial charge in [-0.05, 0) is 67.4 Å². The molecule has 0 unspecified atom stereocenters. The largest absolute Gasteiger partial charge is 0.237 e. The lowest BCUT2D eigenvalue weighted by molar-refractivity contribution is 0.0305. The van der Waals surface area contributed by atoms with Crippen LogP contribution in [0.15, 0.2) is 42.7 Å². The van der Waals surface area contributed by atoms with Crippen LogP contribution in [0.5, 0.6) is 0 Å². The average Bonchev–Trinajstić information content (AvgIpc) is 2.70. The summed E-state index contributed by atoms with van der Waals surface area (Å²) in [6.45, 7) is 2.31. The molecule has 0 atom stereocenters. The second-order valence-electron chi connectivity index (χ2n) is 8.39. The fourth-order valence-electron chi connectivity index (χ4n) is 5.24. The van der Waals surface area contributed by atoms with E-state index in [4.69, 9.17) is 0 Å². The standard InChI is InChI=1S/C23H30N2/c1-2-3-4-10-22-11-14-23(15-12-22,16-13-22)20-8-6-19(7-9-20)21-24-17-5-18-25-21/h5-9,17-18H,2-4,10-16H2,1H3. The van der Waals surface area contributed by atoms with E-state index in [1.54, 1.807) is 5.56 Å². The Morgan fingerprint density at radius 1 is 0.840 bits per heavy atom. The number of nitrogens with zero attached hydrogens (tertiary/aromatic N) is 2. The number of hydrogen-bond acceptors (Lipinski definition) is 2. The topological polar surface area (TPSA) is 25.8 Å². The second-order valence-corrected chi connectivity index (χ2v) is 8.39. The van der Waals surface area contributed by atoms with Crippen LogP contribution in [-0.2, 0) is 5.41 Å². The minimum absolute atomic E-state index is 0.447. The van der Waals surface area contributed by atoms with Crippen molar-refractivity contribution in [3.05, 3.63) is 48.3 Å². The molecule has 2 nitrogen and oxygen atoms in total. The summed E-state index contributed by atoms with van der Waals surface area (Å²) in [4.78, 5) is 8.74. The van der Waals surface area contributed by atoms with Crippen molar-refractivity contribution in [1.82, 2.24) is 9.97 Å². The molecule has 1 heterocycles. The zero-order valence-corrected chi connectivity index (χ0v) is 15.5. The van der Waals surface area contributed by atoms with Crippen LogP contribution in [0.4, 0.5) is 0 Å². The zero-order chi connectivity index (χ0) is 17.2. The van der Waals surface area contributed by atoms with Crippen molar-refractivity contribution in [2.24, 2.45) is 5.41 Å². The Balaban J connectivity index is 1.47. The van der Waals surface area contributed by atoms with Crippen LogP contribution in [0.25, 0.3) is 11.4 Å². The molecule has 0 N–H and O–H groups in total. The van der Waals surface area contributed by atoms with Gasteiger partial charge in [-0.2, -0.15) is 0 Å². The van der Waals surface area contributed by atoms with Crippen molar-refractivity contribution in [2.45, 2.75) is 76.5 Å². The van der Waals surface area contributed by atoms with E-state index in [0.29, 0.717) is 10.8 Å². The SMILES string of the molecule is CCCCCC12CCC(c3ccc(-c4ncccn4)cc3)(CC1)CC2. The van der Waals surface area contributed by atoms with Gasteiger partial charge in [0.05, 0.1) is 0 Å². The first kappa shape index (κ1) is 16.8. The van der Waals surface area contributed by atoms with Gasteiger partial charge in [-0.25, -0.2) is 9.97 Å². The molecule has 25 heavy (non-hydrogen) atoms. The molecule has 1 aromatic heterocycles. The Morgan fingerprint density at radius 3 is 2.08 bits per heavy atom. The minimum Gasteiger partial charge on any atom is -0.237 e. The molecule has 0 amide bonds. The summed E-state index contributed by atoms with van der Waals surface area (Å²) >= 11 is 0. The lowest BCUT2D eigenvalue weighted by atomic mass is 9.51. The van der Waals surface area contributed by atoms with Gasteiger partial charge in [-0.1, -0.05) is 50.5 Å². The third-order valence-corrected chi connectivity index (χ3v) is 7.03. The summed E-state index contributed by atoms with van der Waals surface area (Å²) < 4.78 is 0. The third kappa shape index (κ3) is 3.23. The Hall–Kier alpha value is -1.70. The zero-order valence-electron chi connectivity index (χ0n) is 15.5. The highest BCUT2D eigenvalue weighted by Crippen LogP contribution is 2.59. The normalized spacial score (nSPS) is 28.2. The summed E-state index contributed by atoms with van der Waals surface area (Å²) in [5.41, 5.74) is 3.81. The number of unbranched alkanes of at least 4 members (excludes halogenated alkanes) is 2. The lowest BCUT2D eigenvalue weighted by Crippen LogP contribution is -2.44. The van der Waals surface area contributed by atoms with Crippen LogP contribution in [0.1, 0.15) is 76.7 Å². The third-order valence-electron chi connectivity index (χ3n) is 7.03. The van der Waals surface area contributed by atoms with E-state index in [2.05, 4.69) is 41.2 Å². The number of hydrogen-bond donors (Lipinski definition) is 0. The van der Waals surface area contributed by atoms with E-state index < -0.39 is 0 Å². The van der Waals surface area contributed by atoms with E-state index in [0.717, 1.165) is 11.4 Å². The van der Waals surface area contributed by atoms with Crippen LogP contribution < -0.4 is 0 Å². The average molecular weight is 335 g/mol. The van der Waals surface area contributed by atoms with Crippen LogP contribution in [0.2, 0.25) is 0 Å². The minimum atomic E-state index is 0.447. The number of fused-ring (bicyclic) bond motifs is 3. The van der Waals surface area contributed by atoms with Gasteiger partial charge < -0.3 is 0 Å². The molecule has 0 saturated heterocycles. The summed E-state index contributed by atoms with van der Waals surface area (Å²) in [6.07, 6.45) is 17.8. The molecule has 0 radical (unpaired) electrons. The fourth-order valence-corrected chi connectivity index (χ4v) is 5.24. The Morgan fingerprint density at radius 2 is 1.48 bits per heavy atom. The van der Waals surface area contributed by atoms with Crippen molar-refractivity contribution in [3.63, 3.8) is 0 Å². The maximum Gasteiger partial charge on any atom is 0.159 e. The maximum absolute atomic E-state index is 4.37. The molecule has 0 aliphatic heterocycles. The predicted octanol–water partition coefficient (Wildman–Crippen LogP) is 6.32. The van der Waals surface area contributed by atoms with Crippen LogP contribution in [-0.4, -0.2) is 9.97 Å². The number of rotatable bonds is 6. The van der Waals surface area contributed by atoms with E-state index in [1.165, 1.54) is 64.2 Å². The molecule has 1 aromatic carbocycles. The Labute approximate surface area is 152 Å². The van der Waals surface area contributed by atoms with Crippen molar-refractivity contribution in [1.29, 1.82) is 0 Å². The highest BCUT2D eigenvalue weighted by Gasteiger charge is 2.48. The summed E-state index contributed by atoms with van der Waals surface area (Å²) in [5, 5.41) is 0. The smallest absolute Gasteiger partial charge is 0.159 e. The molecule has 3 saturated carbocycles. The first-order valence-electron chi connectivity index (χ1n) is 10.1. The van der Waals surface area contributed by atoms with Crippen molar-refractivity contribution >= 4 is 0 Å². The van der Waals surface area contributed by atoms with Gasteiger partial charge in [-0.3, -0.25) is 0 Å². The second kappa shape index (κ2) is 6.90. The first-order chi connectivity index (χ1) is 12.3. The molecule has 2 aromatic rings. The molecule has 3 fully saturated rings. The molecule has 2 bridgehead atoms. The molecular formula is C23H30N2. The van der Waals surface area contributed by atoms with Crippen molar-refractivity contribution in [3.8, 4) is 11.4 Å². The number of benzene rings is 1. The van der Waals surface area contributed by atoms with Gasteiger partial charge in [0, 0.05) is 18.0 Å². The van der Waals surface area contributed by atoms with Gasteiger partial charge in [0.25, 0.3) is 0 Å².